The Balaban J connectivity index is 2.16. The number of hydrogen-bond donors (Lipinski definition) is 3. The van der Waals surface area contributed by atoms with Crippen LogP contribution in [0.3, 0.4) is 0 Å². The summed E-state index contributed by atoms with van der Waals surface area (Å²) in [6.07, 6.45) is 8.90. The fraction of sp³-hybridized carbons (Fsp3) is 0.875. The first-order chi connectivity index (χ1) is 10.2. The number of aliphatic hydroxyl groups excluding tert-OH is 3. The Bertz CT molecular complexity index is 282. The number of allylic oxidation sites excluding steroid dienone is 1. The molecule has 0 aromatic rings. The Kier molecular flexibility index (Phi) is 9.67. The molecular formula is C16H30O5. The molecular weight excluding hydrogens is 272 g/mol. The van der Waals surface area contributed by atoms with Gasteiger partial charge < -0.3 is 24.8 Å². The van der Waals surface area contributed by atoms with E-state index in [1.165, 1.54) is 32.1 Å². The molecule has 0 spiro atoms. The van der Waals surface area contributed by atoms with Gasteiger partial charge in [0.05, 0.1) is 19.5 Å². The lowest BCUT2D eigenvalue weighted by atomic mass is 10.1. The summed E-state index contributed by atoms with van der Waals surface area (Å²) in [5, 5.41) is 28.3. The van der Waals surface area contributed by atoms with E-state index in [4.69, 9.17) is 14.6 Å². The molecule has 1 aliphatic heterocycles. The SMILES string of the molecule is CCCCCCCC/C=C/O[C@@H]1[C@H]([C@@H](O)CO)OC[C@H]1O. The first-order valence-corrected chi connectivity index (χ1v) is 8.09. The van der Waals surface area contributed by atoms with Crippen molar-refractivity contribution in [2.45, 2.75) is 76.3 Å². The molecule has 0 bridgehead atoms. The van der Waals surface area contributed by atoms with Crippen LogP contribution in [-0.4, -0.2) is 52.9 Å². The predicted octanol–water partition coefficient (Wildman–Crippen LogP) is 1.75. The maximum absolute atomic E-state index is 9.75. The van der Waals surface area contributed by atoms with Gasteiger partial charge >= 0.3 is 0 Å². The van der Waals surface area contributed by atoms with Crippen LogP contribution in [0, 0.1) is 0 Å². The van der Waals surface area contributed by atoms with E-state index in [-0.39, 0.29) is 6.61 Å². The Morgan fingerprint density at radius 3 is 2.67 bits per heavy atom. The maximum atomic E-state index is 9.75. The normalized spacial score (nSPS) is 27.3. The number of hydrogen-bond acceptors (Lipinski definition) is 5. The molecule has 1 heterocycles. The van der Waals surface area contributed by atoms with E-state index in [0.717, 1.165) is 12.8 Å². The van der Waals surface area contributed by atoms with Gasteiger partial charge in [-0.1, -0.05) is 39.0 Å². The van der Waals surface area contributed by atoms with E-state index in [1.807, 2.05) is 6.08 Å². The summed E-state index contributed by atoms with van der Waals surface area (Å²) in [4.78, 5) is 0. The molecule has 4 atom stereocenters. The van der Waals surface area contributed by atoms with Crippen molar-refractivity contribution in [3.63, 3.8) is 0 Å². The molecule has 0 saturated carbocycles. The first-order valence-electron chi connectivity index (χ1n) is 8.09. The van der Waals surface area contributed by atoms with Crippen molar-refractivity contribution in [2.24, 2.45) is 0 Å². The highest BCUT2D eigenvalue weighted by atomic mass is 16.6. The van der Waals surface area contributed by atoms with Gasteiger partial charge in [0.1, 0.15) is 18.3 Å². The van der Waals surface area contributed by atoms with Crippen LogP contribution in [0.15, 0.2) is 12.3 Å². The molecule has 5 nitrogen and oxygen atoms in total. The number of rotatable bonds is 11. The topological polar surface area (TPSA) is 79.2 Å². The molecule has 0 aromatic heterocycles. The fourth-order valence-corrected chi connectivity index (χ4v) is 2.48. The second-order valence-corrected chi connectivity index (χ2v) is 5.64. The molecule has 0 aromatic carbocycles. The van der Waals surface area contributed by atoms with Crippen molar-refractivity contribution in [2.75, 3.05) is 13.2 Å². The molecule has 21 heavy (non-hydrogen) atoms. The van der Waals surface area contributed by atoms with Crippen molar-refractivity contribution >= 4 is 0 Å². The van der Waals surface area contributed by atoms with Crippen LogP contribution >= 0.6 is 0 Å². The van der Waals surface area contributed by atoms with Crippen molar-refractivity contribution in [3.8, 4) is 0 Å². The summed E-state index contributed by atoms with van der Waals surface area (Å²) in [6, 6.07) is 0. The summed E-state index contributed by atoms with van der Waals surface area (Å²) in [5.41, 5.74) is 0. The van der Waals surface area contributed by atoms with Gasteiger partial charge in [0.25, 0.3) is 0 Å². The minimum atomic E-state index is -1.03. The number of unbranched alkanes of at least 4 members (excludes halogenated alkanes) is 6. The average molecular weight is 302 g/mol. The van der Waals surface area contributed by atoms with Gasteiger partial charge in [-0.05, 0) is 18.9 Å². The second kappa shape index (κ2) is 11.0. The van der Waals surface area contributed by atoms with Gasteiger partial charge in [-0.2, -0.15) is 0 Å². The van der Waals surface area contributed by atoms with Gasteiger partial charge in [-0.3, -0.25) is 0 Å². The van der Waals surface area contributed by atoms with E-state index in [9.17, 15) is 10.2 Å². The molecule has 3 N–H and O–H groups in total. The first kappa shape index (κ1) is 18.4. The highest BCUT2D eigenvalue weighted by Gasteiger charge is 2.41. The third-order valence-electron chi connectivity index (χ3n) is 3.79. The second-order valence-electron chi connectivity index (χ2n) is 5.64. The van der Waals surface area contributed by atoms with Crippen molar-refractivity contribution < 1.29 is 24.8 Å². The van der Waals surface area contributed by atoms with E-state index in [1.54, 1.807) is 6.26 Å². The quantitative estimate of drug-likeness (QED) is 0.400. The summed E-state index contributed by atoms with van der Waals surface area (Å²) >= 11 is 0. The lowest BCUT2D eigenvalue weighted by molar-refractivity contribution is -0.0721. The van der Waals surface area contributed by atoms with Crippen LogP contribution in [0.2, 0.25) is 0 Å². The smallest absolute Gasteiger partial charge is 0.154 e. The Hall–Kier alpha value is -0.620. The third-order valence-corrected chi connectivity index (χ3v) is 3.79. The molecule has 5 heteroatoms. The predicted molar refractivity (Wildman–Crippen MR) is 80.8 cm³/mol. The monoisotopic (exact) mass is 302 g/mol. The van der Waals surface area contributed by atoms with Gasteiger partial charge in [0.15, 0.2) is 6.10 Å². The molecule has 1 saturated heterocycles. The van der Waals surface area contributed by atoms with Crippen molar-refractivity contribution in [1.82, 2.24) is 0 Å². The van der Waals surface area contributed by atoms with Crippen molar-refractivity contribution in [3.05, 3.63) is 12.3 Å². The maximum Gasteiger partial charge on any atom is 0.154 e. The fourth-order valence-electron chi connectivity index (χ4n) is 2.48. The Morgan fingerprint density at radius 2 is 1.95 bits per heavy atom. The lowest BCUT2D eigenvalue weighted by Gasteiger charge is -2.22. The molecule has 1 rings (SSSR count). The zero-order valence-electron chi connectivity index (χ0n) is 13.0. The minimum absolute atomic E-state index is 0.123. The molecule has 0 amide bonds. The zero-order chi connectivity index (χ0) is 15.5. The van der Waals surface area contributed by atoms with Gasteiger partial charge in [0.2, 0.25) is 0 Å². The van der Waals surface area contributed by atoms with Crippen molar-refractivity contribution in [1.29, 1.82) is 0 Å². The summed E-state index contributed by atoms with van der Waals surface area (Å²) in [7, 11) is 0. The highest BCUT2D eigenvalue weighted by Crippen LogP contribution is 2.21. The summed E-state index contributed by atoms with van der Waals surface area (Å²) in [5.74, 6) is 0. The lowest BCUT2D eigenvalue weighted by Crippen LogP contribution is -2.41. The zero-order valence-corrected chi connectivity index (χ0v) is 13.0. The van der Waals surface area contributed by atoms with Crippen LogP contribution in [0.5, 0.6) is 0 Å². The van der Waals surface area contributed by atoms with E-state index >= 15 is 0 Å². The Labute approximate surface area is 127 Å². The van der Waals surface area contributed by atoms with E-state index in [0.29, 0.717) is 0 Å². The molecule has 0 radical (unpaired) electrons. The molecule has 1 aliphatic rings. The third kappa shape index (κ3) is 6.78. The van der Waals surface area contributed by atoms with E-state index in [2.05, 4.69) is 6.92 Å². The minimum Gasteiger partial charge on any atom is -0.493 e. The van der Waals surface area contributed by atoms with E-state index < -0.39 is 31.0 Å². The summed E-state index contributed by atoms with van der Waals surface area (Å²) < 4.78 is 10.7. The molecule has 0 unspecified atom stereocenters. The molecule has 124 valence electrons. The number of aliphatic hydroxyl groups is 3. The van der Waals surface area contributed by atoms with Crippen LogP contribution in [0.25, 0.3) is 0 Å². The summed E-state index contributed by atoms with van der Waals surface area (Å²) in [6.45, 7) is 1.93. The van der Waals surface area contributed by atoms with Crippen LogP contribution < -0.4 is 0 Å². The highest BCUT2D eigenvalue weighted by molar-refractivity contribution is 4.91. The molecule has 0 aliphatic carbocycles. The standard InChI is InChI=1S/C16H30O5/c1-2-3-4-5-6-7-8-9-10-20-16-14(19)12-21-15(16)13(18)11-17/h9-10,13-19H,2-8,11-12H2,1H3/b10-9+/t13-,14+,15-,16-/m0/s1. The van der Waals surface area contributed by atoms with Crippen LogP contribution in [0.4, 0.5) is 0 Å². The van der Waals surface area contributed by atoms with Gasteiger partial charge in [-0.15, -0.1) is 0 Å². The number of ether oxygens (including phenoxy) is 2. The van der Waals surface area contributed by atoms with Gasteiger partial charge in [0, 0.05) is 0 Å². The van der Waals surface area contributed by atoms with Crippen LogP contribution in [0.1, 0.15) is 51.9 Å². The van der Waals surface area contributed by atoms with Crippen LogP contribution in [-0.2, 0) is 9.47 Å². The Morgan fingerprint density at radius 1 is 1.24 bits per heavy atom. The largest absolute Gasteiger partial charge is 0.493 e. The average Bonchev–Trinajstić information content (AvgIpc) is 2.86. The van der Waals surface area contributed by atoms with Gasteiger partial charge in [-0.25, -0.2) is 0 Å². The molecule has 1 fully saturated rings.